The Bertz CT molecular complexity index is 4270. The quantitative estimate of drug-likeness (QED) is 0.0122. The maximum absolute atomic E-state index is 14.6. The van der Waals surface area contributed by atoms with Crippen molar-refractivity contribution in [3.63, 3.8) is 0 Å². The number of hydrogen-bond acceptors (Lipinski definition) is 32. The van der Waals surface area contributed by atoms with Crippen LogP contribution in [0.3, 0.4) is 0 Å². The lowest BCUT2D eigenvalue weighted by atomic mass is 9.78. The first kappa shape index (κ1) is 103. The monoisotopic (exact) mass is 1790 g/mol. The number of anilines is 2. The Morgan fingerprint density at radius 2 is 1.39 bits per heavy atom. The molecule has 2 bridgehead atoms. The zero-order chi connectivity index (χ0) is 91.0. The minimum absolute atomic E-state index is 0.00307. The summed E-state index contributed by atoms with van der Waals surface area (Å²) in [4.78, 5) is 84.2. The smallest absolute Gasteiger partial charge is 0.296 e. The van der Waals surface area contributed by atoms with E-state index < -0.39 is 78.1 Å². The number of hydrogen-bond donors (Lipinski definition) is 6. The molecule has 8 N–H and O–H groups in total. The van der Waals surface area contributed by atoms with Gasteiger partial charge in [0.1, 0.15) is 47.0 Å². The maximum Gasteiger partial charge on any atom is 0.296 e. The Kier molecular flexibility index (Phi) is 44.3. The molecule has 36 heteroatoms. The molecule has 5 aromatic rings. The van der Waals surface area contributed by atoms with Crippen molar-refractivity contribution < 1.29 is 115 Å². The number of methoxy groups -OCH3 is 3. The van der Waals surface area contributed by atoms with Crippen LogP contribution >= 0.6 is 0 Å². The number of carbonyl (C=O) groups excluding carboxylic acids is 5. The number of fused-ring (bicyclic) bond motifs is 5. The standard InChI is InChI=1S/C91H140N12O24/c1-60-18-12-11-13-19-61(2)76(112-8)55-70-24-21-66(7)91(111,127-70)85(108)88(109)102-29-16-14-20-72(102)89(110)125-77(56-73(104)62(3)51-65(6)83(107)84(114-10)82(106)64(5)50-60)63(4)52-67-22-25-75(78(53-67)113-9)124-49-48-123-58-69-57-101(100-98-69)31-33-116-35-37-118-39-41-120-43-45-122-47-46-121-44-42-119-40-38-117-36-34-115-32-27-79(105)94-28-15-17-30-103-87-80(86(92)95-59-96-87)81(99-103)68-23-26-74-71(54-68)97-90(93)126-74/h11-13,18-19,23,26,51,54,57,59-60,62-64,66-67,70,72,75-78,83-84,89,107,110-111H,14-17,20-22,24-25,27-50,52-53,55-56,58H2,1-10H3,(H2,93,97)(H,94,105)(H2,92,95,96)/b13-11?,18-12+,61-19?,65-51+/t60-,62-,63-,64-,66-,67+,70+,72+,75-,76+,77+,78-,83-,84+,89?,91-/m1/s1. The van der Waals surface area contributed by atoms with Crippen LogP contribution in [-0.2, 0) is 115 Å². The molecule has 3 aliphatic heterocycles. The summed E-state index contributed by atoms with van der Waals surface area (Å²) < 4.78 is 96.7. The number of allylic oxidation sites excluding steroid dienone is 6. The third-order valence-electron chi connectivity index (χ3n) is 23.9. The van der Waals surface area contributed by atoms with Crippen molar-refractivity contribution in [2.45, 2.75) is 225 Å². The minimum atomic E-state index is -2.44. The molecule has 0 radical (unpaired) electrons. The van der Waals surface area contributed by atoms with Crippen molar-refractivity contribution in [3.8, 4) is 11.3 Å². The van der Waals surface area contributed by atoms with Gasteiger partial charge in [0.15, 0.2) is 23.3 Å². The number of rotatable bonds is 45. The van der Waals surface area contributed by atoms with Gasteiger partial charge in [-0.1, -0.05) is 76.3 Å². The number of aromatic nitrogens is 8. The largest absolute Gasteiger partial charge is 0.424 e. The van der Waals surface area contributed by atoms with E-state index in [0.717, 1.165) is 30.4 Å². The second-order valence-corrected chi connectivity index (χ2v) is 33.6. The van der Waals surface area contributed by atoms with E-state index in [1.54, 1.807) is 56.5 Å². The Hall–Kier alpha value is -7.83. The molecule has 36 nitrogen and oxygen atoms in total. The topological polar surface area (TPSA) is 452 Å². The Morgan fingerprint density at radius 3 is 2.07 bits per heavy atom. The van der Waals surface area contributed by atoms with Gasteiger partial charge >= 0.3 is 0 Å². The fraction of sp³-hybridized carbons (Fsp3) is 0.703. The van der Waals surface area contributed by atoms with Gasteiger partial charge in [-0.2, -0.15) is 10.1 Å². The van der Waals surface area contributed by atoms with E-state index in [2.05, 4.69) is 30.6 Å². The molecular formula is C91H140N12O24. The SMILES string of the molecule is CO[C@H]1C[C@@H]2CC[C@@H](C)[C@@](O)(O2)C(=O)C(=O)N2CCCC[C@H]2C(O)O[C@H]([C@H](C)C[C@@H]2CC[C@@H](OCCOCc3cn(CCOCCOCCOCCOCCOCCOCCOCCOCCC(=O)NCCCCn4nc(-c5ccc6oc(N)nc6c5)c5c(N)ncnc54)nn3)[C@H](OC)C2)CC(=O)[C@H](C)/C=C(\C)[C@@H](O)[C@@H](OC)C(=O)[C@H](C)C[C@H](C)/C=C/C=CC=C1C. The van der Waals surface area contributed by atoms with Crippen LogP contribution in [0.25, 0.3) is 33.4 Å². The third-order valence-corrected chi connectivity index (χ3v) is 23.9. The summed E-state index contributed by atoms with van der Waals surface area (Å²) in [7, 11) is 4.63. The van der Waals surface area contributed by atoms with Crippen molar-refractivity contribution in [2.24, 2.45) is 35.5 Å². The van der Waals surface area contributed by atoms with E-state index in [-0.39, 0.29) is 86.1 Å². The van der Waals surface area contributed by atoms with Crippen molar-refractivity contribution in [1.82, 2.24) is 49.9 Å². The molecule has 4 aliphatic rings. The summed E-state index contributed by atoms with van der Waals surface area (Å²) in [5, 5.41) is 53.0. The first-order valence-corrected chi connectivity index (χ1v) is 45.1. The average molecular weight is 1790 g/mol. The van der Waals surface area contributed by atoms with Crippen molar-refractivity contribution in [3.05, 3.63) is 84.0 Å². The van der Waals surface area contributed by atoms with Crippen LogP contribution in [0, 0.1) is 35.5 Å². The summed E-state index contributed by atoms with van der Waals surface area (Å²) in [5.41, 5.74) is 17.2. The van der Waals surface area contributed by atoms with Gasteiger partial charge in [0, 0.05) is 83.5 Å². The minimum Gasteiger partial charge on any atom is -0.424 e. The number of nitrogens with zero attached hydrogens (tertiary/aromatic N) is 9. The van der Waals surface area contributed by atoms with E-state index >= 15 is 0 Å². The molecule has 7 heterocycles. The lowest BCUT2D eigenvalue weighted by Gasteiger charge is -2.44. The van der Waals surface area contributed by atoms with Crippen LogP contribution in [0.4, 0.5) is 11.8 Å². The van der Waals surface area contributed by atoms with Crippen molar-refractivity contribution in [2.75, 3.05) is 165 Å². The maximum atomic E-state index is 14.6. The fourth-order valence-corrected chi connectivity index (χ4v) is 16.5. The first-order valence-electron chi connectivity index (χ1n) is 45.1. The highest BCUT2D eigenvalue weighted by atomic mass is 16.6. The van der Waals surface area contributed by atoms with Gasteiger partial charge in [0.25, 0.3) is 17.7 Å². The molecular weight excluding hydrogens is 1650 g/mol. The van der Waals surface area contributed by atoms with Gasteiger partial charge in [0.05, 0.1) is 180 Å². The molecule has 1 aromatic carbocycles. The zero-order valence-electron chi connectivity index (χ0n) is 76.0. The van der Waals surface area contributed by atoms with E-state index in [9.17, 15) is 39.3 Å². The number of Topliss-reactive ketones (excluding diaryl/α,β-unsaturated/α-hetero) is 3. The number of piperidine rings is 1. The highest BCUT2D eigenvalue weighted by molar-refractivity contribution is 6.39. The number of ether oxygens (including phenoxy) is 15. The van der Waals surface area contributed by atoms with Crippen LogP contribution in [0.15, 0.2) is 82.7 Å². The lowest BCUT2D eigenvalue weighted by molar-refractivity contribution is -0.266. The number of carbonyl (C=O) groups is 5. The lowest BCUT2D eigenvalue weighted by Crippen LogP contribution is -2.61. The predicted molar refractivity (Wildman–Crippen MR) is 470 cm³/mol. The van der Waals surface area contributed by atoms with Gasteiger partial charge in [-0.3, -0.25) is 24.0 Å². The predicted octanol–water partition coefficient (Wildman–Crippen LogP) is 8.04. The zero-order valence-corrected chi connectivity index (χ0v) is 76.0. The molecule has 4 aromatic heterocycles. The number of aryl methyl sites for hydroxylation is 1. The number of aliphatic hydroxyl groups is 3. The number of oxazole rings is 1. The van der Waals surface area contributed by atoms with Gasteiger partial charge < -0.3 is 112 Å². The molecule has 708 valence electrons. The number of unbranched alkanes of at least 4 members (excludes halogenated alkanes) is 1. The van der Waals surface area contributed by atoms with Gasteiger partial charge in [-0.05, 0) is 138 Å². The highest BCUT2D eigenvalue weighted by Gasteiger charge is 2.53. The Labute approximate surface area is 745 Å². The van der Waals surface area contributed by atoms with Gasteiger partial charge in [-0.15, -0.1) is 5.10 Å². The second-order valence-electron chi connectivity index (χ2n) is 33.6. The molecule has 0 spiro atoms. The van der Waals surface area contributed by atoms with Crippen LogP contribution < -0.4 is 16.8 Å². The third kappa shape index (κ3) is 32.6. The summed E-state index contributed by atoms with van der Waals surface area (Å²) in [6.07, 6.45) is 15.4. The Morgan fingerprint density at radius 1 is 0.717 bits per heavy atom. The van der Waals surface area contributed by atoms with Crippen molar-refractivity contribution >= 4 is 63.1 Å². The average Bonchev–Trinajstić information content (AvgIpc) is 1.54. The fourth-order valence-electron chi connectivity index (χ4n) is 16.5. The number of aliphatic hydroxyl groups excluding tert-OH is 2. The molecule has 9 rings (SSSR count). The second kappa shape index (κ2) is 54.7. The van der Waals surface area contributed by atoms with Crippen LogP contribution in [0.2, 0.25) is 0 Å². The molecule has 1 unspecified atom stereocenters. The normalized spacial score (nSPS) is 26.5. The molecule has 1 aliphatic carbocycles. The highest BCUT2D eigenvalue weighted by Crippen LogP contribution is 2.40. The summed E-state index contributed by atoms with van der Waals surface area (Å²) >= 11 is 0. The Balaban J connectivity index is 0.585. The number of benzene rings is 1. The number of nitrogen functional groups attached to an aromatic ring is 2. The van der Waals surface area contributed by atoms with E-state index in [4.69, 9.17) is 92.0 Å². The van der Waals surface area contributed by atoms with Crippen molar-refractivity contribution in [1.29, 1.82) is 0 Å². The summed E-state index contributed by atoms with van der Waals surface area (Å²) in [5.74, 6) is -6.97. The molecule has 127 heavy (non-hydrogen) atoms. The number of ketones is 3. The van der Waals surface area contributed by atoms with Gasteiger partial charge in [0.2, 0.25) is 11.7 Å². The molecule has 3 fully saturated rings. The van der Waals surface area contributed by atoms with E-state index in [1.807, 2.05) is 76.4 Å². The van der Waals surface area contributed by atoms with Crippen LogP contribution in [0.1, 0.15) is 150 Å². The molecule has 1 saturated carbocycles. The first-order chi connectivity index (χ1) is 61.4. The summed E-state index contributed by atoms with van der Waals surface area (Å²) in [6.45, 7) is 21.8. The molecule has 2 amide bonds. The molecule has 16 atom stereocenters. The van der Waals surface area contributed by atoms with E-state index in [0.29, 0.717) is 241 Å². The number of amides is 2. The van der Waals surface area contributed by atoms with Crippen LogP contribution in [0.5, 0.6) is 0 Å². The summed E-state index contributed by atoms with van der Waals surface area (Å²) in [6, 6.07) is 4.59. The molecule has 2 saturated heterocycles. The van der Waals surface area contributed by atoms with E-state index in [1.165, 1.54) is 18.3 Å². The number of nitrogens with two attached hydrogens (primary N) is 2. The van der Waals surface area contributed by atoms with Crippen LogP contribution in [-0.4, -0.2) is 303 Å². The van der Waals surface area contributed by atoms with Gasteiger partial charge in [-0.25, -0.2) is 19.3 Å². The number of nitrogens with one attached hydrogen (secondary N) is 1.